The van der Waals surface area contributed by atoms with Crippen molar-refractivity contribution in [3.05, 3.63) is 11.6 Å². The molecule has 1 aromatic heterocycles. The minimum atomic E-state index is -0.260. The number of aromatic amines is 1. The van der Waals surface area contributed by atoms with Crippen molar-refractivity contribution in [1.82, 2.24) is 20.5 Å². The smallest absolute Gasteiger partial charge is 0.290 e. The second-order valence-corrected chi connectivity index (χ2v) is 5.53. The molecule has 0 aromatic carbocycles. The number of rotatable bonds is 5. The Bertz CT molecular complexity index is 395. The van der Waals surface area contributed by atoms with Gasteiger partial charge in [0, 0.05) is 19.1 Å². The molecule has 1 aromatic rings. The second kappa shape index (κ2) is 5.95. The van der Waals surface area contributed by atoms with E-state index in [2.05, 4.69) is 20.5 Å². The van der Waals surface area contributed by atoms with Gasteiger partial charge in [0.05, 0.1) is 6.61 Å². The van der Waals surface area contributed by atoms with Gasteiger partial charge in [0.15, 0.2) is 0 Å². The van der Waals surface area contributed by atoms with E-state index >= 15 is 0 Å². The van der Waals surface area contributed by atoms with Gasteiger partial charge in [-0.3, -0.25) is 9.89 Å². The molecule has 2 N–H and O–H groups in total. The molecule has 0 aliphatic rings. The first-order valence-corrected chi connectivity index (χ1v) is 6.04. The Balaban J connectivity index is 2.55. The lowest BCUT2D eigenvalue weighted by atomic mass is 9.96. The average molecular weight is 254 g/mol. The first-order valence-electron chi connectivity index (χ1n) is 6.04. The molecule has 1 heterocycles. The van der Waals surface area contributed by atoms with E-state index in [1.807, 2.05) is 27.7 Å². The van der Waals surface area contributed by atoms with Crippen molar-refractivity contribution in [2.75, 3.05) is 20.3 Å². The third-order valence-electron chi connectivity index (χ3n) is 2.46. The molecule has 0 saturated carbocycles. The third-order valence-corrected chi connectivity index (χ3v) is 2.46. The first-order chi connectivity index (χ1) is 8.34. The summed E-state index contributed by atoms with van der Waals surface area (Å²) in [7, 11) is 1.64. The van der Waals surface area contributed by atoms with E-state index in [9.17, 15) is 4.79 Å². The first kappa shape index (κ1) is 14.6. The molecule has 0 aliphatic carbocycles. The Kier molecular flexibility index (Phi) is 4.84. The molecule has 1 unspecified atom stereocenters. The summed E-state index contributed by atoms with van der Waals surface area (Å²) in [5, 5.41) is 9.50. The summed E-state index contributed by atoms with van der Waals surface area (Å²) in [6.07, 6.45) is 0. The zero-order valence-corrected chi connectivity index (χ0v) is 11.7. The minimum Gasteiger partial charge on any atom is -0.384 e. The van der Waals surface area contributed by atoms with Gasteiger partial charge in [-0.15, -0.1) is 5.10 Å². The van der Waals surface area contributed by atoms with Gasteiger partial charge in [0.1, 0.15) is 5.82 Å². The van der Waals surface area contributed by atoms with Crippen molar-refractivity contribution >= 4 is 5.91 Å². The number of carbonyl (C=O) groups is 1. The molecule has 1 atom stereocenters. The highest BCUT2D eigenvalue weighted by Crippen LogP contribution is 2.17. The van der Waals surface area contributed by atoms with Gasteiger partial charge in [0.25, 0.3) is 5.91 Å². The van der Waals surface area contributed by atoms with Crippen LogP contribution in [0.5, 0.6) is 0 Å². The average Bonchev–Trinajstić information content (AvgIpc) is 2.75. The van der Waals surface area contributed by atoms with Crippen LogP contribution in [0.25, 0.3) is 0 Å². The Morgan fingerprint density at radius 3 is 2.67 bits per heavy atom. The van der Waals surface area contributed by atoms with Gasteiger partial charge in [0.2, 0.25) is 5.82 Å². The second-order valence-electron chi connectivity index (χ2n) is 5.53. The summed E-state index contributed by atoms with van der Waals surface area (Å²) in [6.45, 7) is 9.19. The van der Waals surface area contributed by atoms with E-state index in [-0.39, 0.29) is 23.1 Å². The number of ether oxygens (including phenoxy) is 1. The maximum absolute atomic E-state index is 11.8. The van der Waals surface area contributed by atoms with Crippen molar-refractivity contribution < 1.29 is 9.53 Å². The fourth-order valence-electron chi connectivity index (χ4n) is 1.39. The highest BCUT2D eigenvalue weighted by atomic mass is 16.5. The fraction of sp³-hybridized carbons (Fsp3) is 0.750. The van der Waals surface area contributed by atoms with Crippen LogP contribution >= 0.6 is 0 Å². The molecule has 0 spiro atoms. The zero-order valence-electron chi connectivity index (χ0n) is 11.7. The van der Waals surface area contributed by atoms with Crippen molar-refractivity contribution in [2.24, 2.45) is 5.92 Å². The summed E-state index contributed by atoms with van der Waals surface area (Å²) >= 11 is 0. The van der Waals surface area contributed by atoms with E-state index in [0.29, 0.717) is 19.0 Å². The molecule has 6 heteroatoms. The van der Waals surface area contributed by atoms with E-state index in [1.165, 1.54) is 0 Å². The van der Waals surface area contributed by atoms with Crippen LogP contribution in [0.3, 0.4) is 0 Å². The van der Waals surface area contributed by atoms with Crippen LogP contribution in [0, 0.1) is 5.92 Å². The molecule has 1 rings (SSSR count). The quantitative estimate of drug-likeness (QED) is 0.825. The Labute approximate surface area is 108 Å². The molecule has 102 valence electrons. The van der Waals surface area contributed by atoms with Crippen molar-refractivity contribution in [3.8, 4) is 0 Å². The molecular formula is C12H22N4O2. The van der Waals surface area contributed by atoms with Gasteiger partial charge >= 0.3 is 0 Å². The van der Waals surface area contributed by atoms with E-state index in [4.69, 9.17) is 4.74 Å². The lowest BCUT2D eigenvalue weighted by Crippen LogP contribution is -2.30. The maximum atomic E-state index is 11.8. The lowest BCUT2D eigenvalue weighted by molar-refractivity contribution is 0.0924. The van der Waals surface area contributed by atoms with E-state index in [0.717, 1.165) is 0 Å². The van der Waals surface area contributed by atoms with E-state index in [1.54, 1.807) is 7.11 Å². The molecule has 0 radical (unpaired) electrons. The molecular weight excluding hydrogens is 232 g/mol. The molecule has 18 heavy (non-hydrogen) atoms. The molecule has 1 amide bonds. The largest absolute Gasteiger partial charge is 0.384 e. The number of hydrogen-bond donors (Lipinski definition) is 2. The number of hydrogen-bond acceptors (Lipinski definition) is 4. The van der Waals surface area contributed by atoms with Crippen LogP contribution in [0.4, 0.5) is 0 Å². The molecule has 0 bridgehead atoms. The van der Waals surface area contributed by atoms with Gasteiger partial charge in [-0.1, -0.05) is 27.7 Å². The van der Waals surface area contributed by atoms with Crippen molar-refractivity contribution in [2.45, 2.75) is 33.1 Å². The number of H-pyrrole nitrogens is 1. The van der Waals surface area contributed by atoms with Crippen LogP contribution in [-0.2, 0) is 10.2 Å². The van der Waals surface area contributed by atoms with Crippen molar-refractivity contribution in [1.29, 1.82) is 0 Å². The van der Waals surface area contributed by atoms with Gasteiger partial charge in [-0.2, -0.15) is 0 Å². The van der Waals surface area contributed by atoms with E-state index < -0.39 is 0 Å². The number of nitrogens with one attached hydrogen (secondary N) is 2. The van der Waals surface area contributed by atoms with Crippen molar-refractivity contribution in [3.63, 3.8) is 0 Å². The Morgan fingerprint density at radius 1 is 1.50 bits per heavy atom. The topological polar surface area (TPSA) is 79.9 Å². The van der Waals surface area contributed by atoms with Gasteiger partial charge < -0.3 is 10.1 Å². The van der Waals surface area contributed by atoms with Crippen LogP contribution in [0.2, 0.25) is 0 Å². The normalized spacial score (nSPS) is 13.4. The predicted octanol–water partition coefficient (Wildman–Crippen LogP) is 1.11. The highest BCUT2D eigenvalue weighted by Gasteiger charge is 2.21. The van der Waals surface area contributed by atoms with Crippen LogP contribution in [0.15, 0.2) is 0 Å². The minimum absolute atomic E-state index is 0.144. The highest BCUT2D eigenvalue weighted by molar-refractivity contribution is 5.90. The molecule has 0 saturated heterocycles. The third kappa shape index (κ3) is 4.10. The van der Waals surface area contributed by atoms with Crippen LogP contribution in [0.1, 0.15) is 44.1 Å². The molecule has 0 aliphatic heterocycles. The zero-order chi connectivity index (χ0) is 13.8. The predicted molar refractivity (Wildman–Crippen MR) is 68.5 cm³/mol. The van der Waals surface area contributed by atoms with Gasteiger partial charge in [-0.05, 0) is 5.92 Å². The molecule has 6 nitrogen and oxygen atoms in total. The summed E-state index contributed by atoms with van der Waals surface area (Å²) in [5.74, 6) is 0.895. The number of aromatic nitrogens is 3. The number of nitrogens with zero attached hydrogens (tertiary/aromatic N) is 2. The number of carbonyl (C=O) groups excluding carboxylic acids is 1. The number of amides is 1. The monoisotopic (exact) mass is 254 g/mol. The fourth-order valence-corrected chi connectivity index (χ4v) is 1.39. The Hall–Kier alpha value is -1.43. The standard InChI is InChI=1S/C12H22N4O2/c1-8(7-18-5)6-13-10(17)9-14-11(16-15-9)12(2,3)4/h8H,6-7H2,1-5H3,(H,13,17)(H,14,15,16). The molecule has 0 fully saturated rings. The SMILES string of the molecule is COCC(C)CNC(=O)c1n[nH]c(C(C)(C)C)n1. The summed E-state index contributed by atoms with van der Waals surface area (Å²) < 4.78 is 5.00. The van der Waals surface area contributed by atoms with Crippen LogP contribution in [-0.4, -0.2) is 41.3 Å². The summed E-state index contributed by atoms with van der Waals surface area (Å²) in [6, 6.07) is 0. The lowest BCUT2D eigenvalue weighted by Gasteiger charge is -2.13. The summed E-state index contributed by atoms with van der Waals surface area (Å²) in [4.78, 5) is 16.0. The Morgan fingerprint density at radius 2 is 2.17 bits per heavy atom. The van der Waals surface area contributed by atoms with Gasteiger partial charge in [-0.25, -0.2) is 4.98 Å². The summed E-state index contributed by atoms with van der Waals surface area (Å²) in [5.41, 5.74) is -0.144. The maximum Gasteiger partial charge on any atom is 0.290 e. The number of methoxy groups -OCH3 is 1. The van der Waals surface area contributed by atoms with Crippen LogP contribution < -0.4 is 5.32 Å².